The zero-order valence-electron chi connectivity index (χ0n) is 13.1. The van der Waals surface area contributed by atoms with Crippen molar-refractivity contribution in [3.8, 4) is 23.0 Å². The summed E-state index contributed by atoms with van der Waals surface area (Å²) in [6.07, 6.45) is 0. The van der Waals surface area contributed by atoms with Crippen LogP contribution in [0.15, 0.2) is 28.7 Å². The van der Waals surface area contributed by atoms with E-state index in [1.165, 1.54) is 45.6 Å². The first-order valence-corrected chi connectivity index (χ1v) is 7.88. The number of amides is 1. The summed E-state index contributed by atoms with van der Waals surface area (Å²) in [6.45, 7) is 0. The smallest absolute Gasteiger partial charge is 0.257 e. The van der Waals surface area contributed by atoms with E-state index >= 15 is 0 Å². The number of ether oxygens (including phenoxy) is 3. The van der Waals surface area contributed by atoms with E-state index in [4.69, 9.17) is 25.8 Å². The number of phenolic OH excluding ortho intramolecular Hbond substituents is 1. The molecule has 2 rings (SSSR count). The van der Waals surface area contributed by atoms with Gasteiger partial charge in [0.2, 0.25) is 5.75 Å². The second kappa shape index (κ2) is 7.63. The minimum Gasteiger partial charge on any atom is -0.506 e. The Morgan fingerprint density at radius 1 is 1.12 bits per heavy atom. The molecule has 2 aromatic rings. The third-order valence-electron chi connectivity index (χ3n) is 3.22. The van der Waals surface area contributed by atoms with Gasteiger partial charge in [0, 0.05) is 5.02 Å². The number of aromatic hydroxyl groups is 1. The Bertz CT molecular complexity index is 782. The van der Waals surface area contributed by atoms with E-state index in [-0.39, 0.29) is 17.0 Å². The van der Waals surface area contributed by atoms with Crippen LogP contribution in [-0.4, -0.2) is 32.3 Å². The van der Waals surface area contributed by atoms with Gasteiger partial charge in [-0.05, 0) is 40.2 Å². The van der Waals surface area contributed by atoms with E-state index in [1.807, 2.05) is 0 Å². The molecule has 0 aliphatic rings. The molecule has 0 saturated carbocycles. The van der Waals surface area contributed by atoms with Gasteiger partial charge in [0.25, 0.3) is 5.91 Å². The van der Waals surface area contributed by atoms with Crippen LogP contribution in [0.4, 0.5) is 5.69 Å². The van der Waals surface area contributed by atoms with Gasteiger partial charge in [-0.25, -0.2) is 0 Å². The topological polar surface area (TPSA) is 77.0 Å². The first-order chi connectivity index (χ1) is 11.4. The minimum atomic E-state index is -0.487. The van der Waals surface area contributed by atoms with E-state index in [1.54, 1.807) is 0 Å². The van der Waals surface area contributed by atoms with Crippen LogP contribution in [0.1, 0.15) is 10.4 Å². The predicted octanol–water partition coefficient (Wildman–Crippen LogP) is 4.09. The van der Waals surface area contributed by atoms with Crippen molar-refractivity contribution in [1.82, 2.24) is 0 Å². The molecule has 128 valence electrons. The molecule has 2 N–H and O–H groups in total. The summed E-state index contributed by atoms with van der Waals surface area (Å²) in [5.41, 5.74) is 0.428. The molecule has 0 spiro atoms. The fourth-order valence-electron chi connectivity index (χ4n) is 2.08. The summed E-state index contributed by atoms with van der Waals surface area (Å²) in [5, 5.41) is 12.8. The molecule has 0 atom stereocenters. The molecular formula is C16H15BrClNO5. The molecule has 0 aliphatic heterocycles. The van der Waals surface area contributed by atoms with Crippen molar-refractivity contribution >= 4 is 39.1 Å². The van der Waals surface area contributed by atoms with E-state index in [0.29, 0.717) is 26.7 Å². The number of carbonyl (C=O) groups is 1. The van der Waals surface area contributed by atoms with Crippen LogP contribution in [0.5, 0.6) is 23.0 Å². The lowest BCUT2D eigenvalue weighted by molar-refractivity contribution is 0.102. The summed E-state index contributed by atoms with van der Waals surface area (Å²) in [6, 6.07) is 5.85. The molecule has 0 radical (unpaired) electrons. The molecule has 0 unspecified atom stereocenters. The Morgan fingerprint density at radius 2 is 1.79 bits per heavy atom. The Labute approximate surface area is 152 Å². The summed E-state index contributed by atoms with van der Waals surface area (Å²) < 4.78 is 16.2. The number of benzene rings is 2. The number of halogens is 2. The molecule has 0 saturated heterocycles. The van der Waals surface area contributed by atoms with Crippen molar-refractivity contribution in [3.63, 3.8) is 0 Å². The van der Waals surface area contributed by atoms with Crippen LogP contribution in [0.3, 0.4) is 0 Å². The normalized spacial score (nSPS) is 10.2. The Kier molecular flexibility index (Phi) is 5.80. The highest BCUT2D eigenvalue weighted by Gasteiger charge is 2.23. The standard InChI is InChI=1S/C16H15BrClNO5/c1-22-12-7-9(13(17)15(24-3)14(12)23-2)16(21)19-10-6-8(18)4-5-11(10)20/h4-7,20H,1-3H3,(H,19,21). The largest absolute Gasteiger partial charge is 0.506 e. The fraction of sp³-hybridized carbons (Fsp3) is 0.188. The summed E-state index contributed by atoms with van der Waals surface area (Å²) in [7, 11) is 4.37. The highest BCUT2D eigenvalue weighted by Crippen LogP contribution is 2.45. The molecule has 0 aromatic heterocycles. The average Bonchev–Trinajstić information content (AvgIpc) is 2.57. The van der Waals surface area contributed by atoms with Crippen LogP contribution in [0.25, 0.3) is 0 Å². The van der Waals surface area contributed by atoms with Gasteiger partial charge in [0.05, 0.1) is 37.1 Å². The number of nitrogens with one attached hydrogen (secondary N) is 1. The zero-order valence-corrected chi connectivity index (χ0v) is 15.5. The molecule has 0 fully saturated rings. The van der Waals surface area contributed by atoms with Gasteiger partial charge in [0.1, 0.15) is 5.75 Å². The van der Waals surface area contributed by atoms with Crippen molar-refractivity contribution < 1.29 is 24.1 Å². The van der Waals surface area contributed by atoms with Crippen molar-refractivity contribution in [2.45, 2.75) is 0 Å². The SMILES string of the molecule is COc1cc(C(=O)Nc2cc(Cl)ccc2O)c(Br)c(OC)c1OC. The number of hydrogen-bond donors (Lipinski definition) is 2. The van der Waals surface area contributed by atoms with Gasteiger partial charge in [-0.1, -0.05) is 11.6 Å². The Hall–Kier alpha value is -2.12. The predicted molar refractivity (Wildman–Crippen MR) is 94.9 cm³/mol. The number of hydrogen-bond acceptors (Lipinski definition) is 5. The zero-order chi connectivity index (χ0) is 17.9. The van der Waals surface area contributed by atoms with Gasteiger partial charge in [-0.15, -0.1) is 0 Å². The summed E-state index contributed by atoms with van der Waals surface area (Å²) in [5.74, 6) is 0.416. The second-order valence-electron chi connectivity index (χ2n) is 4.62. The minimum absolute atomic E-state index is 0.101. The van der Waals surface area contributed by atoms with E-state index < -0.39 is 5.91 Å². The molecular weight excluding hydrogens is 402 g/mol. The van der Waals surface area contributed by atoms with E-state index in [2.05, 4.69) is 21.2 Å². The Morgan fingerprint density at radius 3 is 2.38 bits per heavy atom. The van der Waals surface area contributed by atoms with Crippen LogP contribution >= 0.6 is 27.5 Å². The number of anilines is 1. The third kappa shape index (κ3) is 3.52. The lowest BCUT2D eigenvalue weighted by atomic mass is 10.1. The fourth-order valence-corrected chi connectivity index (χ4v) is 2.89. The van der Waals surface area contributed by atoms with Gasteiger partial charge < -0.3 is 24.6 Å². The van der Waals surface area contributed by atoms with Gasteiger partial charge in [-0.2, -0.15) is 0 Å². The number of methoxy groups -OCH3 is 3. The monoisotopic (exact) mass is 415 g/mol. The maximum Gasteiger partial charge on any atom is 0.257 e. The van der Waals surface area contributed by atoms with Crippen LogP contribution in [0, 0.1) is 0 Å². The molecule has 0 heterocycles. The molecule has 6 nitrogen and oxygen atoms in total. The maximum absolute atomic E-state index is 12.6. The third-order valence-corrected chi connectivity index (χ3v) is 4.24. The summed E-state index contributed by atoms with van der Waals surface area (Å²) >= 11 is 9.22. The molecule has 2 aromatic carbocycles. The molecule has 24 heavy (non-hydrogen) atoms. The summed E-state index contributed by atoms with van der Waals surface area (Å²) in [4.78, 5) is 12.6. The van der Waals surface area contributed by atoms with Gasteiger partial charge >= 0.3 is 0 Å². The molecule has 0 aliphatic carbocycles. The first-order valence-electron chi connectivity index (χ1n) is 6.71. The van der Waals surface area contributed by atoms with Crippen LogP contribution in [-0.2, 0) is 0 Å². The van der Waals surface area contributed by atoms with E-state index in [9.17, 15) is 9.90 Å². The quantitative estimate of drug-likeness (QED) is 0.718. The second-order valence-corrected chi connectivity index (χ2v) is 5.85. The van der Waals surface area contributed by atoms with Crippen molar-refractivity contribution in [2.75, 3.05) is 26.6 Å². The molecule has 0 bridgehead atoms. The number of phenols is 1. The molecule has 1 amide bonds. The molecule has 8 heteroatoms. The van der Waals surface area contributed by atoms with Gasteiger partial charge in [-0.3, -0.25) is 4.79 Å². The van der Waals surface area contributed by atoms with Crippen LogP contribution in [0.2, 0.25) is 5.02 Å². The van der Waals surface area contributed by atoms with E-state index in [0.717, 1.165) is 0 Å². The lowest BCUT2D eigenvalue weighted by Gasteiger charge is -2.16. The highest BCUT2D eigenvalue weighted by atomic mass is 79.9. The average molecular weight is 417 g/mol. The highest BCUT2D eigenvalue weighted by molar-refractivity contribution is 9.10. The maximum atomic E-state index is 12.6. The van der Waals surface area contributed by atoms with Gasteiger partial charge in [0.15, 0.2) is 11.5 Å². The van der Waals surface area contributed by atoms with Crippen molar-refractivity contribution in [1.29, 1.82) is 0 Å². The van der Waals surface area contributed by atoms with Crippen LogP contribution < -0.4 is 19.5 Å². The first kappa shape index (κ1) is 18.2. The lowest BCUT2D eigenvalue weighted by Crippen LogP contribution is -2.14. The Balaban J connectivity index is 2.47. The van der Waals surface area contributed by atoms with Crippen molar-refractivity contribution in [2.24, 2.45) is 0 Å². The number of rotatable bonds is 5. The number of carbonyl (C=O) groups excluding carboxylic acids is 1. The van der Waals surface area contributed by atoms with Crippen molar-refractivity contribution in [3.05, 3.63) is 39.3 Å².